The molecule has 0 saturated carbocycles. The molecule has 7 heteroatoms. The van der Waals surface area contributed by atoms with E-state index in [0.29, 0.717) is 19.5 Å². The van der Waals surface area contributed by atoms with Crippen molar-refractivity contribution in [2.24, 2.45) is 0 Å². The normalized spacial score (nSPS) is 26.4. The summed E-state index contributed by atoms with van der Waals surface area (Å²) in [4.78, 5) is 14.1. The minimum absolute atomic E-state index is 0.0865. The number of halogens is 1. The lowest BCUT2D eigenvalue weighted by molar-refractivity contribution is -0.145. The van der Waals surface area contributed by atoms with Crippen LogP contribution in [0.3, 0.4) is 0 Å². The predicted molar refractivity (Wildman–Crippen MR) is 84.1 cm³/mol. The number of rotatable bonds is 3. The number of amides is 1. The zero-order valence-electron chi connectivity index (χ0n) is 12.9. The lowest BCUT2D eigenvalue weighted by atomic mass is 9.94. The molecule has 0 aromatic heterocycles. The molecule has 2 fully saturated rings. The van der Waals surface area contributed by atoms with E-state index in [1.807, 2.05) is 0 Å². The Morgan fingerprint density at radius 1 is 1.04 bits per heavy atom. The monoisotopic (exact) mass is 340 g/mol. The summed E-state index contributed by atoms with van der Waals surface area (Å²) in [5.74, 6) is -0.553. The summed E-state index contributed by atoms with van der Waals surface area (Å²) in [6, 6.07) is 7.98. The van der Waals surface area contributed by atoms with Gasteiger partial charge in [0.25, 0.3) is 5.91 Å². The zero-order valence-corrected chi connectivity index (χ0v) is 13.8. The molecule has 5 nitrogen and oxygen atoms in total. The maximum atomic E-state index is 15.2. The molecular formula is C16H21FN2O3S. The number of likely N-dealkylation sites (tertiary alicyclic amines) is 1. The highest BCUT2D eigenvalue weighted by Gasteiger charge is 2.48. The molecule has 126 valence electrons. The van der Waals surface area contributed by atoms with Crippen molar-refractivity contribution in [3.63, 3.8) is 0 Å². The summed E-state index contributed by atoms with van der Waals surface area (Å²) in [5.41, 5.74) is -2.11. The first-order valence-electron chi connectivity index (χ1n) is 7.97. The van der Waals surface area contributed by atoms with Gasteiger partial charge in [0.15, 0.2) is 0 Å². The molecule has 1 aromatic rings. The van der Waals surface area contributed by atoms with Crippen molar-refractivity contribution in [3.8, 4) is 0 Å². The Bertz CT molecular complexity index is 674. The fourth-order valence-electron chi connectivity index (χ4n) is 3.30. The van der Waals surface area contributed by atoms with E-state index in [9.17, 15) is 13.2 Å². The fourth-order valence-corrected chi connectivity index (χ4v) is 4.84. The molecule has 0 bridgehead atoms. The number of carbonyl (C=O) groups excluding carboxylic acids is 1. The second kappa shape index (κ2) is 6.20. The van der Waals surface area contributed by atoms with Crippen LogP contribution in [-0.4, -0.2) is 55.4 Å². The fraction of sp³-hybridized carbons (Fsp3) is 0.562. The standard InChI is InChI=1S/C16H21FN2O3S/c17-16(15(20)18-10-4-5-11-18)9-6-12-19(13-16)23(21,22)14-7-2-1-3-8-14/h1-3,7-8H,4-6,9-13H2. The van der Waals surface area contributed by atoms with Crippen molar-refractivity contribution in [1.29, 1.82) is 0 Å². The molecule has 1 unspecified atom stereocenters. The molecule has 23 heavy (non-hydrogen) atoms. The van der Waals surface area contributed by atoms with Crippen LogP contribution in [0.2, 0.25) is 0 Å². The van der Waals surface area contributed by atoms with Crippen LogP contribution in [0.1, 0.15) is 25.7 Å². The molecule has 2 saturated heterocycles. The number of carbonyl (C=O) groups is 1. The molecule has 2 aliphatic heterocycles. The van der Waals surface area contributed by atoms with Crippen LogP contribution in [0.25, 0.3) is 0 Å². The molecule has 1 amide bonds. The molecule has 2 heterocycles. The minimum atomic E-state index is -3.77. The zero-order chi connectivity index (χ0) is 16.5. The lowest BCUT2D eigenvalue weighted by Gasteiger charge is -2.37. The quantitative estimate of drug-likeness (QED) is 0.843. The maximum Gasteiger partial charge on any atom is 0.261 e. The van der Waals surface area contributed by atoms with Gasteiger partial charge in [0, 0.05) is 19.6 Å². The van der Waals surface area contributed by atoms with Gasteiger partial charge >= 0.3 is 0 Å². The topological polar surface area (TPSA) is 57.7 Å². The molecule has 2 aliphatic rings. The van der Waals surface area contributed by atoms with E-state index in [1.54, 1.807) is 18.2 Å². The van der Waals surface area contributed by atoms with Crippen molar-refractivity contribution in [2.45, 2.75) is 36.2 Å². The van der Waals surface area contributed by atoms with Gasteiger partial charge in [0.1, 0.15) is 0 Å². The second-order valence-corrected chi connectivity index (χ2v) is 8.16. The first-order valence-corrected chi connectivity index (χ1v) is 9.41. The van der Waals surface area contributed by atoms with Gasteiger partial charge in [-0.1, -0.05) is 18.2 Å². The first-order chi connectivity index (χ1) is 10.9. The highest BCUT2D eigenvalue weighted by atomic mass is 32.2. The SMILES string of the molecule is O=C(N1CCCC1)C1(F)CCCN(S(=O)(=O)c2ccccc2)C1. The van der Waals surface area contributed by atoms with Crippen LogP contribution in [0, 0.1) is 0 Å². The van der Waals surface area contributed by atoms with E-state index in [-0.39, 0.29) is 24.4 Å². The average Bonchev–Trinajstić information content (AvgIpc) is 3.09. The number of piperidine rings is 1. The highest BCUT2D eigenvalue weighted by molar-refractivity contribution is 7.89. The number of alkyl halides is 1. The summed E-state index contributed by atoms with van der Waals surface area (Å²) in [6.45, 7) is 0.988. The molecule has 0 aliphatic carbocycles. The van der Waals surface area contributed by atoms with Crippen LogP contribution < -0.4 is 0 Å². The molecule has 1 aromatic carbocycles. The first kappa shape index (κ1) is 16.4. The van der Waals surface area contributed by atoms with Crippen LogP contribution in [0.5, 0.6) is 0 Å². The molecule has 0 spiro atoms. The van der Waals surface area contributed by atoms with Gasteiger partial charge < -0.3 is 4.90 Å². The Labute approximate surface area is 136 Å². The number of hydrogen-bond donors (Lipinski definition) is 0. The summed E-state index contributed by atoms with van der Waals surface area (Å²) in [5, 5.41) is 0. The van der Waals surface area contributed by atoms with E-state index in [1.165, 1.54) is 17.0 Å². The predicted octanol–water partition coefficient (Wildman–Crippen LogP) is 1.80. The van der Waals surface area contributed by atoms with Gasteiger partial charge in [-0.25, -0.2) is 12.8 Å². The summed E-state index contributed by atoms with van der Waals surface area (Å²) >= 11 is 0. The maximum absolute atomic E-state index is 15.2. The van der Waals surface area contributed by atoms with E-state index in [4.69, 9.17) is 0 Å². The van der Waals surface area contributed by atoms with E-state index < -0.39 is 21.6 Å². The Morgan fingerprint density at radius 2 is 1.70 bits per heavy atom. The highest BCUT2D eigenvalue weighted by Crippen LogP contribution is 2.32. The van der Waals surface area contributed by atoms with E-state index >= 15 is 4.39 Å². The van der Waals surface area contributed by atoms with Gasteiger partial charge in [-0.2, -0.15) is 4.31 Å². The third kappa shape index (κ3) is 3.12. The van der Waals surface area contributed by atoms with Crippen molar-refractivity contribution < 1.29 is 17.6 Å². The Morgan fingerprint density at radius 3 is 2.35 bits per heavy atom. The Hall–Kier alpha value is -1.47. The third-order valence-electron chi connectivity index (χ3n) is 4.57. The van der Waals surface area contributed by atoms with Gasteiger partial charge in [0.05, 0.1) is 11.4 Å². The summed E-state index contributed by atoms with van der Waals surface area (Å²) < 4.78 is 41.6. The number of sulfonamides is 1. The van der Waals surface area contributed by atoms with E-state index in [0.717, 1.165) is 17.1 Å². The molecular weight excluding hydrogens is 319 g/mol. The summed E-state index contributed by atoms with van der Waals surface area (Å²) in [7, 11) is -3.77. The molecule has 0 radical (unpaired) electrons. The number of hydrogen-bond acceptors (Lipinski definition) is 3. The van der Waals surface area contributed by atoms with Gasteiger partial charge in [0.2, 0.25) is 15.7 Å². The van der Waals surface area contributed by atoms with Crippen molar-refractivity contribution in [2.75, 3.05) is 26.2 Å². The molecule has 1 atom stereocenters. The van der Waals surface area contributed by atoms with Crippen LogP contribution in [-0.2, 0) is 14.8 Å². The number of benzene rings is 1. The van der Waals surface area contributed by atoms with Gasteiger partial charge in [-0.3, -0.25) is 4.79 Å². The summed E-state index contributed by atoms with van der Waals surface area (Å²) in [6.07, 6.45) is 2.20. The third-order valence-corrected chi connectivity index (χ3v) is 6.42. The van der Waals surface area contributed by atoms with Gasteiger partial charge in [-0.15, -0.1) is 0 Å². The van der Waals surface area contributed by atoms with Gasteiger partial charge in [-0.05, 0) is 37.8 Å². The van der Waals surface area contributed by atoms with Crippen molar-refractivity contribution in [3.05, 3.63) is 30.3 Å². The lowest BCUT2D eigenvalue weighted by Crippen LogP contribution is -2.56. The molecule has 3 rings (SSSR count). The Kier molecular flexibility index (Phi) is 4.42. The van der Waals surface area contributed by atoms with Crippen molar-refractivity contribution in [1.82, 2.24) is 9.21 Å². The van der Waals surface area contributed by atoms with E-state index in [2.05, 4.69) is 0 Å². The van der Waals surface area contributed by atoms with Crippen molar-refractivity contribution >= 4 is 15.9 Å². The average molecular weight is 340 g/mol. The molecule has 0 N–H and O–H groups in total. The van der Waals surface area contributed by atoms with Crippen LogP contribution in [0.15, 0.2) is 35.2 Å². The number of nitrogens with zero attached hydrogens (tertiary/aromatic N) is 2. The van der Waals surface area contributed by atoms with Crippen LogP contribution in [0.4, 0.5) is 4.39 Å². The minimum Gasteiger partial charge on any atom is -0.340 e. The second-order valence-electron chi connectivity index (χ2n) is 6.22. The smallest absolute Gasteiger partial charge is 0.261 e. The largest absolute Gasteiger partial charge is 0.340 e. The van der Waals surface area contributed by atoms with Crippen LogP contribution >= 0.6 is 0 Å². The Balaban J connectivity index is 1.81.